The van der Waals surface area contributed by atoms with Gasteiger partial charge in [-0.2, -0.15) is 0 Å². The first-order chi connectivity index (χ1) is 8.80. The predicted octanol–water partition coefficient (Wildman–Crippen LogP) is 2.46. The summed E-state index contributed by atoms with van der Waals surface area (Å²) in [5.41, 5.74) is -1.17. The standard InChI is InChI=1S/C14H26N2O3/c1-5-7-14(4,12(17)18)15-13(19)16-8-6-10(2)9-11(16)3/h10-11H,5-9H2,1-4H3,(H,15,19)(H,17,18). The molecule has 1 rings (SSSR count). The van der Waals surface area contributed by atoms with Crippen LogP contribution in [0.25, 0.3) is 0 Å². The number of hydrogen-bond donors (Lipinski definition) is 2. The number of aliphatic carboxylic acids is 1. The van der Waals surface area contributed by atoms with Crippen LogP contribution < -0.4 is 5.32 Å². The van der Waals surface area contributed by atoms with Gasteiger partial charge < -0.3 is 15.3 Å². The third-order valence-corrected chi connectivity index (χ3v) is 4.00. The second-order valence-corrected chi connectivity index (χ2v) is 5.99. The summed E-state index contributed by atoms with van der Waals surface area (Å²) in [5.74, 6) is -0.346. The first-order valence-electron chi connectivity index (χ1n) is 7.12. The lowest BCUT2D eigenvalue weighted by atomic mass is 9.93. The molecule has 2 amide bonds. The summed E-state index contributed by atoms with van der Waals surface area (Å²) < 4.78 is 0. The van der Waals surface area contributed by atoms with Gasteiger partial charge in [-0.05, 0) is 39.0 Å². The fourth-order valence-electron chi connectivity index (χ4n) is 2.74. The maximum Gasteiger partial charge on any atom is 0.329 e. The van der Waals surface area contributed by atoms with Gasteiger partial charge in [-0.15, -0.1) is 0 Å². The van der Waals surface area contributed by atoms with E-state index in [2.05, 4.69) is 12.2 Å². The minimum atomic E-state index is -1.17. The number of nitrogens with zero attached hydrogens (tertiary/aromatic N) is 1. The monoisotopic (exact) mass is 270 g/mol. The average molecular weight is 270 g/mol. The largest absolute Gasteiger partial charge is 0.480 e. The van der Waals surface area contributed by atoms with Gasteiger partial charge in [0.2, 0.25) is 0 Å². The molecule has 0 aromatic carbocycles. The summed E-state index contributed by atoms with van der Waals surface area (Å²) >= 11 is 0. The molecule has 1 fully saturated rings. The highest BCUT2D eigenvalue weighted by atomic mass is 16.4. The van der Waals surface area contributed by atoms with Gasteiger partial charge in [0.05, 0.1) is 0 Å². The van der Waals surface area contributed by atoms with Crippen LogP contribution in [0.4, 0.5) is 4.79 Å². The van der Waals surface area contributed by atoms with Gasteiger partial charge in [-0.1, -0.05) is 20.3 Å². The van der Waals surface area contributed by atoms with E-state index in [4.69, 9.17) is 0 Å². The van der Waals surface area contributed by atoms with Crippen molar-refractivity contribution in [2.75, 3.05) is 6.54 Å². The lowest BCUT2D eigenvalue weighted by Crippen LogP contribution is -2.58. The van der Waals surface area contributed by atoms with Crippen LogP contribution in [-0.2, 0) is 4.79 Å². The molecule has 1 heterocycles. The molecule has 0 spiro atoms. The maximum atomic E-state index is 12.3. The minimum Gasteiger partial charge on any atom is -0.480 e. The van der Waals surface area contributed by atoms with E-state index in [-0.39, 0.29) is 12.1 Å². The van der Waals surface area contributed by atoms with Crippen molar-refractivity contribution < 1.29 is 14.7 Å². The normalized spacial score (nSPS) is 26.6. The molecular formula is C14H26N2O3. The highest BCUT2D eigenvalue weighted by Crippen LogP contribution is 2.23. The average Bonchev–Trinajstić information content (AvgIpc) is 2.28. The zero-order valence-corrected chi connectivity index (χ0v) is 12.4. The van der Waals surface area contributed by atoms with E-state index in [1.807, 2.05) is 13.8 Å². The van der Waals surface area contributed by atoms with Gasteiger partial charge in [0.15, 0.2) is 0 Å². The fourth-order valence-corrected chi connectivity index (χ4v) is 2.74. The van der Waals surface area contributed by atoms with Gasteiger partial charge >= 0.3 is 12.0 Å². The molecule has 1 saturated heterocycles. The third kappa shape index (κ3) is 3.85. The molecule has 3 atom stereocenters. The molecule has 5 heteroatoms. The number of piperidine rings is 1. The lowest BCUT2D eigenvalue weighted by Gasteiger charge is -2.38. The van der Waals surface area contributed by atoms with Crippen LogP contribution in [0.1, 0.15) is 53.4 Å². The van der Waals surface area contributed by atoms with Gasteiger partial charge in [-0.3, -0.25) is 0 Å². The van der Waals surface area contributed by atoms with Crippen LogP contribution >= 0.6 is 0 Å². The topological polar surface area (TPSA) is 69.6 Å². The molecule has 1 aliphatic rings. The van der Waals surface area contributed by atoms with Crippen molar-refractivity contribution in [3.05, 3.63) is 0 Å². The quantitative estimate of drug-likeness (QED) is 0.824. The van der Waals surface area contributed by atoms with E-state index in [9.17, 15) is 14.7 Å². The van der Waals surface area contributed by atoms with Crippen LogP contribution in [0, 0.1) is 5.92 Å². The number of carboxylic acid groups (broad SMARTS) is 1. The number of rotatable bonds is 4. The summed E-state index contributed by atoms with van der Waals surface area (Å²) in [6.07, 6.45) is 3.11. The SMILES string of the molecule is CCCC(C)(NC(=O)N1CCC(C)CC1C)C(=O)O. The van der Waals surface area contributed by atoms with Crippen molar-refractivity contribution in [1.29, 1.82) is 0 Å². The molecule has 110 valence electrons. The highest BCUT2D eigenvalue weighted by molar-refractivity contribution is 5.86. The number of urea groups is 1. The van der Waals surface area contributed by atoms with Crippen LogP contribution in [0.15, 0.2) is 0 Å². The molecule has 0 bridgehead atoms. The molecule has 0 aromatic heterocycles. The van der Waals surface area contributed by atoms with E-state index in [0.29, 0.717) is 18.9 Å². The number of carbonyl (C=O) groups excluding carboxylic acids is 1. The van der Waals surface area contributed by atoms with Crippen LogP contribution in [0.2, 0.25) is 0 Å². The molecule has 0 saturated carbocycles. The first-order valence-corrected chi connectivity index (χ1v) is 7.12. The molecule has 2 N–H and O–H groups in total. The number of carboxylic acids is 1. The molecule has 5 nitrogen and oxygen atoms in total. The van der Waals surface area contributed by atoms with Crippen molar-refractivity contribution in [3.63, 3.8) is 0 Å². The van der Waals surface area contributed by atoms with Crippen molar-refractivity contribution in [2.45, 2.75) is 65.0 Å². The second-order valence-electron chi connectivity index (χ2n) is 5.99. The zero-order valence-electron chi connectivity index (χ0n) is 12.4. The van der Waals surface area contributed by atoms with Crippen molar-refractivity contribution in [1.82, 2.24) is 10.2 Å². The van der Waals surface area contributed by atoms with Gasteiger partial charge in [0.25, 0.3) is 0 Å². The smallest absolute Gasteiger partial charge is 0.329 e. The first kappa shape index (κ1) is 15.8. The number of nitrogens with one attached hydrogen (secondary N) is 1. The second kappa shape index (κ2) is 6.26. The third-order valence-electron chi connectivity index (χ3n) is 4.00. The lowest BCUT2D eigenvalue weighted by molar-refractivity contribution is -0.144. The number of carbonyl (C=O) groups is 2. The number of hydrogen-bond acceptors (Lipinski definition) is 2. The Bertz CT molecular complexity index is 346. The van der Waals surface area contributed by atoms with E-state index in [0.717, 1.165) is 19.3 Å². The van der Waals surface area contributed by atoms with Crippen molar-refractivity contribution >= 4 is 12.0 Å². The minimum absolute atomic E-state index is 0.170. The van der Waals surface area contributed by atoms with E-state index in [1.165, 1.54) is 0 Å². The van der Waals surface area contributed by atoms with Gasteiger partial charge in [-0.25, -0.2) is 9.59 Å². The Morgan fingerprint density at radius 1 is 1.42 bits per heavy atom. The summed E-state index contributed by atoms with van der Waals surface area (Å²) in [7, 11) is 0. The summed E-state index contributed by atoms with van der Waals surface area (Å²) in [6.45, 7) is 8.40. The Labute approximate surface area is 115 Å². The number of amides is 2. The Hall–Kier alpha value is -1.26. The molecule has 19 heavy (non-hydrogen) atoms. The van der Waals surface area contributed by atoms with E-state index in [1.54, 1.807) is 11.8 Å². The molecule has 0 aromatic rings. The number of likely N-dealkylation sites (tertiary alicyclic amines) is 1. The predicted molar refractivity (Wildman–Crippen MR) is 74.0 cm³/mol. The molecule has 1 aliphatic heterocycles. The summed E-state index contributed by atoms with van der Waals surface area (Å²) in [5, 5.41) is 12.0. The van der Waals surface area contributed by atoms with Gasteiger partial charge in [0, 0.05) is 12.6 Å². The molecule has 0 radical (unpaired) electrons. The Morgan fingerprint density at radius 2 is 2.05 bits per heavy atom. The van der Waals surface area contributed by atoms with E-state index < -0.39 is 11.5 Å². The Balaban J connectivity index is 2.69. The maximum absolute atomic E-state index is 12.3. The molecule has 0 aliphatic carbocycles. The summed E-state index contributed by atoms with van der Waals surface area (Å²) in [6, 6.07) is -0.0822. The zero-order chi connectivity index (χ0) is 14.6. The highest BCUT2D eigenvalue weighted by Gasteiger charge is 2.37. The van der Waals surface area contributed by atoms with E-state index >= 15 is 0 Å². The van der Waals surface area contributed by atoms with Crippen molar-refractivity contribution in [3.8, 4) is 0 Å². The van der Waals surface area contributed by atoms with Crippen LogP contribution in [0.3, 0.4) is 0 Å². The van der Waals surface area contributed by atoms with Gasteiger partial charge in [0.1, 0.15) is 5.54 Å². The summed E-state index contributed by atoms with van der Waals surface area (Å²) in [4.78, 5) is 25.4. The Kier molecular flexibility index (Phi) is 5.20. The molecule has 3 unspecified atom stereocenters. The van der Waals surface area contributed by atoms with Crippen LogP contribution in [-0.4, -0.2) is 40.1 Å². The molecular weight excluding hydrogens is 244 g/mol. The van der Waals surface area contributed by atoms with Crippen LogP contribution in [0.5, 0.6) is 0 Å². The fraction of sp³-hybridized carbons (Fsp3) is 0.857. The van der Waals surface area contributed by atoms with Crippen molar-refractivity contribution in [2.24, 2.45) is 5.92 Å². The Morgan fingerprint density at radius 3 is 2.53 bits per heavy atom.